The van der Waals surface area contributed by atoms with Crippen LogP contribution >= 0.6 is 11.8 Å². The Labute approximate surface area is 196 Å². The van der Waals surface area contributed by atoms with Gasteiger partial charge in [0.2, 0.25) is 10.0 Å². The third-order valence-corrected chi connectivity index (χ3v) is 9.10. The van der Waals surface area contributed by atoms with E-state index in [-0.39, 0.29) is 22.3 Å². The van der Waals surface area contributed by atoms with E-state index in [1.165, 1.54) is 34.3 Å². The quantitative estimate of drug-likeness (QED) is 0.451. The molecule has 1 atom stereocenters. The molecule has 0 saturated carbocycles. The van der Waals surface area contributed by atoms with Gasteiger partial charge in [-0.25, -0.2) is 22.2 Å². The van der Waals surface area contributed by atoms with Crippen LogP contribution in [0.15, 0.2) is 46.5 Å². The van der Waals surface area contributed by atoms with Gasteiger partial charge in [0, 0.05) is 31.0 Å². The lowest BCUT2D eigenvalue weighted by Gasteiger charge is -2.16. The van der Waals surface area contributed by atoms with Gasteiger partial charge >= 0.3 is 0 Å². The van der Waals surface area contributed by atoms with Crippen LogP contribution in [-0.4, -0.2) is 48.1 Å². The highest BCUT2D eigenvalue weighted by Gasteiger charge is 2.28. The normalized spacial score (nSPS) is 19.6. The monoisotopic (exact) mass is 493 g/mol. The van der Waals surface area contributed by atoms with Crippen LogP contribution in [0.1, 0.15) is 31.2 Å². The van der Waals surface area contributed by atoms with Crippen LogP contribution in [0, 0.1) is 11.6 Å². The highest BCUT2D eigenvalue weighted by atomic mass is 32.2. The second-order valence-electron chi connectivity index (χ2n) is 8.39. The topological polar surface area (TPSA) is 64.4 Å². The minimum atomic E-state index is -3.57. The van der Waals surface area contributed by atoms with E-state index in [9.17, 15) is 17.2 Å². The smallest absolute Gasteiger partial charge is 0.243 e. The Hall–Kier alpha value is -2.01. The Balaban J connectivity index is 1.50. The largest absolute Gasteiger partial charge is 0.376 e. The minimum absolute atomic E-state index is 0.00415. The fraction of sp³-hybridized carbons (Fsp3) is 0.435. The maximum Gasteiger partial charge on any atom is 0.243 e. The first-order valence-corrected chi connectivity index (χ1v) is 13.5. The molecule has 2 saturated heterocycles. The van der Waals surface area contributed by atoms with E-state index in [2.05, 4.69) is 4.98 Å². The van der Waals surface area contributed by atoms with Gasteiger partial charge in [0.05, 0.1) is 28.6 Å². The molecule has 2 aliphatic rings. The molecule has 0 spiro atoms. The Kier molecular flexibility index (Phi) is 6.43. The molecule has 0 N–H and O–H groups in total. The van der Waals surface area contributed by atoms with E-state index in [1.807, 2.05) is 4.57 Å². The summed E-state index contributed by atoms with van der Waals surface area (Å²) >= 11 is 1.23. The van der Waals surface area contributed by atoms with Gasteiger partial charge in [0.1, 0.15) is 11.6 Å². The van der Waals surface area contributed by atoms with Gasteiger partial charge in [0.15, 0.2) is 5.16 Å². The summed E-state index contributed by atoms with van der Waals surface area (Å²) in [6, 6.07) is 8.81. The summed E-state index contributed by atoms with van der Waals surface area (Å²) < 4.78 is 63.6. The van der Waals surface area contributed by atoms with Crippen molar-refractivity contribution < 1.29 is 21.9 Å². The predicted molar refractivity (Wildman–Crippen MR) is 123 cm³/mol. The molecule has 0 bridgehead atoms. The molecule has 6 nitrogen and oxygen atoms in total. The van der Waals surface area contributed by atoms with Gasteiger partial charge in [-0.1, -0.05) is 17.8 Å². The highest BCUT2D eigenvalue weighted by molar-refractivity contribution is 7.98. The van der Waals surface area contributed by atoms with Crippen LogP contribution in [-0.2, 0) is 27.1 Å². The number of fused-ring (bicyclic) bond motifs is 1. The number of hydrogen-bond donors (Lipinski definition) is 0. The Bertz CT molecular complexity index is 1250. The second-order valence-corrected chi connectivity index (χ2v) is 11.3. The minimum Gasteiger partial charge on any atom is -0.376 e. The molecular formula is C23H25F2N3O3S2. The van der Waals surface area contributed by atoms with Gasteiger partial charge in [-0.2, -0.15) is 4.31 Å². The molecule has 2 aliphatic heterocycles. The summed E-state index contributed by atoms with van der Waals surface area (Å²) in [6.45, 7) is 2.32. The molecule has 2 fully saturated rings. The molecule has 3 heterocycles. The van der Waals surface area contributed by atoms with E-state index < -0.39 is 21.7 Å². The molecule has 2 aromatic carbocycles. The van der Waals surface area contributed by atoms with Crippen molar-refractivity contribution in [3.05, 3.63) is 53.6 Å². The number of sulfonamides is 1. The van der Waals surface area contributed by atoms with Crippen LogP contribution in [0.3, 0.4) is 0 Å². The summed E-state index contributed by atoms with van der Waals surface area (Å²) in [5.41, 5.74) is 1.32. The first-order valence-electron chi connectivity index (χ1n) is 11.1. The Morgan fingerprint density at radius 1 is 1.09 bits per heavy atom. The number of hydrogen-bond acceptors (Lipinski definition) is 5. The van der Waals surface area contributed by atoms with Crippen molar-refractivity contribution in [1.29, 1.82) is 0 Å². The third kappa shape index (κ3) is 4.53. The Morgan fingerprint density at radius 3 is 2.55 bits per heavy atom. The van der Waals surface area contributed by atoms with Crippen molar-refractivity contribution in [2.45, 2.75) is 54.1 Å². The zero-order chi connectivity index (χ0) is 23.0. The molecule has 1 aromatic heterocycles. The number of imidazole rings is 1. The second kappa shape index (κ2) is 9.32. The summed E-state index contributed by atoms with van der Waals surface area (Å²) in [5, 5.41) is 0.582. The van der Waals surface area contributed by atoms with E-state index >= 15 is 0 Å². The lowest BCUT2D eigenvalue weighted by molar-refractivity contribution is 0.0960. The lowest BCUT2D eigenvalue weighted by Crippen LogP contribution is -2.27. The first kappa shape index (κ1) is 22.8. The average molecular weight is 494 g/mol. The third-order valence-electron chi connectivity index (χ3n) is 6.20. The Morgan fingerprint density at radius 2 is 1.85 bits per heavy atom. The van der Waals surface area contributed by atoms with Crippen LogP contribution in [0.4, 0.5) is 8.78 Å². The van der Waals surface area contributed by atoms with Gasteiger partial charge in [0.25, 0.3) is 0 Å². The SMILES string of the molecule is O=S(=O)(c1ccc2c(c1)nc(SCc1c(F)cccc1F)n2C[C@@H]1CCCO1)N1CCCC1. The molecule has 0 unspecified atom stereocenters. The van der Waals surface area contributed by atoms with Crippen LogP contribution < -0.4 is 0 Å². The molecule has 0 radical (unpaired) electrons. The number of nitrogens with zero attached hydrogens (tertiary/aromatic N) is 3. The van der Waals surface area contributed by atoms with Crippen molar-refractivity contribution in [3.63, 3.8) is 0 Å². The number of benzene rings is 2. The average Bonchev–Trinajstić information content (AvgIpc) is 3.56. The maximum atomic E-state index is 14.1. The molecule has 3 aromatic rings. The van der Waals surface area contributed by atoms with E-state index in [1.54, 1.807) is 18.2 Å². The highest BCUT2D eigenvalue weighted by Crippen LogP contribution is 2.32. The molecule has 176 valence electrons. The van der Waals surface area contributed by atoms with Crippen molar-refractivity contribution >= 4 is 32.8 Å². The van der Waals surface area contributed by atoms with Crippen molar-refractivity contribution in [2.75, 3.05) is 19.7 Å². The summed E-state index contributed by atoms with van der Waals surface area (Å²) in [6.07, 6.45) is 3.67. The van der Waals surface area contributed by atoms with Gasteiger partial charge in [-0.3, -0.25) is 0 Å². The predicted octanol–water partition coefficient (Wildman–Crippen LogP) is 4.57. The number of rotatable bonds is 7. The fourth-order valence-electron chi connectivity index (χ4n) is 4.41. The maximum absolute atomic E-state index is 14.1. The fourth-order valence-corrected chi connectivity index (χ4v) is 6.99. The molecule has 5 rings (SSSR count). The number of aromatic nitrogens is 2. The first-order chi connectivity index (χ1) is 15.9. The van der Waals surface area contributed by atoms with Crippen molar-refractivity contribution in [1.82, 2.24) is 13.9 Å². The van der Waals surface area contributed by atoms with Crippen LogP contribution in [0.25, 0.3) is 11.0 Å². The number of thioether (sulfide) groups is 1. The van der Waals surface area contributed by atoms with Crippen molar-refractivity contribution in [2.24, 2.45) is 0 Å². The van der Waals surface area contributed by atoms with E-state index in [0.29, 0.717) is 36.9 Å². The number of ether oxygens (including phenoxy) is 1. The number of halogens is 2. The summed E-state index contributed by atoms with van der Waals surface area (Å²) in [5.74, 6) is -1.11. The molecular weight excluding hydrogens is 468 g/mol. The zero-order valence-corrected chi connectivity index (χ0v) is 19.7. The van der Waals surface area contributed by atoms with Gasteiger partial charge < -0.3 is 9.30 Å². The molecule has 0 amide bonds. The van der Waals surface area contributed by atoms with Crippen LogP contribution in [0.5, 0.6) is 0 Å². The standard InChI is InChI=1S/C23H25F2N3O3S2/c24-19-6-3-7-20(25)18(19)15-32-23-26-21-13-17(33(29,30)27-10-1-2-11-27)8-9-22(21)28(23)14-16-5-4-12-31-16/h3,6-9,13,16H,1-2,4-5,10-12,14-15H2/t16-/m0/s1. The van der Waals surface area contributed by atoms with E-state index in [0.717, 1.165) is 31.2 Å². The van der Waals surface area contributed by atoms with E-state index in [4.69, 9.17) is 4.74 Å². The molecule has 0 aliphatic carbocycles. The molecule has 10 heteroatoms. The summed E-state index contributed by atoms with van der Waals surface area (Å²) in [7, 11) is -3.57. The van der Waals surface area contributed by atoms with Gasteiger partial charge in [-0.05, 0) is 56.0 Å². The lowest BCUT2D eigenvalue weighted by atomic mass is 10.2. The van der Waals surface area contributed by atoms with Gasteiger partial charge in [-0.15, -0.1) is 0 Å². The van der Waals surface area contributed by atoms with Crippen molar-refractivity contribution in [3.8, 4) is 0 Å². The molecule has 33 heavy (non-hydrogen) atoms. The summed E-state index contributed by atoms with van der Waals surface area (Å²) in [4.78, 5) is 4.89. The van der Waals surface area contributed by atoms with Crippen LogP contribution in [0.2, 0.25) is 0 Å². The zero-order valence-electron chi connectivity index (χ0n) is 18.0.